The molecule has 1 heterocycles. The van der Waals surface area contributed by atoms with Gasteiger partial charge in [0.2, 0.25) is 5.91 Å². The highest BCUT2D eigenvalue weighted by Gasteiger charge is 2.20. The van der Waals surface area contributed by atoms with Crippen LogP contribution in [0.15, 0.2) is 6.20 Å². The highest BCUT2D eigenvalue weighted by atomic mass is 16.2. The molecule has 6 heteroatoms. The maximum atomic E-state index is 12.3. The molecule has 0 atom stereocenters. The Hall–Kier alpha value is -1.85. The number of carbonyl (C=O) groups is 2. The first-order chi connectivity index (χ1) is 8.47. The molecular weight excluding hydrogens is 232 g/mol. The lowest BCUT2D eigenvalue weighted by molar-refractivity contribution is -0.118. The molecule has 0 bridgehead atoms. The standard InChI is InChI=1S/C12H20N4O2/c1-4-5-6-16(8-11(13)17)12(18)10-7-14-15(3)9(10)2/h7H,4-6,8H2,1-3H3,(H2,13,17). The van der Waals surface area contributed by atoms with Crippen LogP contribution in [0.25, 0.3) is 0 Å². The largest absolute Gasteiger partial charge is 0.368 e. The van der Waals surface area contributed by atoms with Gasteiger partial charge in [-0.05, 0) is 13.3 Å². The van der Waals surface area contributed by atoms with Crippen molar-refractivity contribution in [1.29, 1.82) is 0 Å². The lowest BCUT2D eigenvalue weighted by atomic mass is 10.2. The second-order valence-corrected chi connectivity index (χ2v) is 4.31. The molecule has 0 saturated carbocycles. The average molecular weight is 252 g/mol. The predicted octanol–water partition coefficient (Wildman–Crippen LogP) is 0.456. The molecular formula is C12H20N4O2. The summed E-state index contributed by atoms with van der Waals surface area (Å²) in [6.45, 7) is 4.34. The third kappa shape index (κ3) is 3.32. The number of aryl methyl sites for hydroxylation is 1. The molecule has 1 aromatic heterocycles. The molecule has 1 aromatic rings. The van der Waals surface area contributed by atoms with E-state index in [1.54, 1.807) is 11.7 Å². The third-order valence-electron chi connectivity index (χ3n) is 2.88. The third-order valence-corrected chi connectivity index (χ3v) is 2.88. The van der Waals surface area contributed by atoms with E-state index >= 15 is 0 Å². The lowest BCUT2D eigenvalue weighted by Gasteiger charge is -2.20. The van der Waals surface area contributed by atoms with E-state index in [-0.39, 0.29) is 12.5 Å². The van der Waals surface area contributed by atoms with Crippen molar-refractivity contribution in [1.82, 2.24) is 14.7 Å². The molecule has 0 fully saturated rings. The smallest absolute Gasteiger partial charge is 0.257 e. The first-order valence-electron chi connectivity index (χ1n) is 6.03. The number of hydrogen-bond acceptors (Lipinski definition) is 3. The molecule has 100 valence electrons. The Morgan fingerprint density at radius 2 is 2.17 bits per heavy atom. The summed E-state index contributed by atoms with van der Waals surface area (Å²) >= 11 is 0. The number of nitrogens with zero attached hydrogens (tertiary/aromatic N) is 3. The molecule has 0 spiro atoms. The second-order valence-electron chi connectivity index (χ2n) is 4.31. The van der Waals surface area contributed by atoms with Crippen LogP contribution in [0.4, 0.5) is 0 Å². The van der Waals surface area contributed by atoms with Crippen LogP contribution >= 0.6 is 0 Å². The van der Waals surface area contributed by atoms with Gasteiger partial charge in [-0.25, -0.2) is 0 Å². The van der Waals surface area contributed by atoms with Gasteiger partial charge in [0.25, 0.3) is 5.91 Å². The molecule has 0 aliphatic heterocycles. The number of unbranched alkanes of at least 4 members (excludes halogenated alkanes) is 1. The normalized spacial score (nSPS) is 10.4. The zero-order chi connectivity index (χ0) is 13.7. The van der Waals surface area contributed by atoms with E-state index < -0.39 is 5.91 Å². The van der Waals surface area contributed by atoms with Gasteiger partial charge in [-0.15, -0.1) is 0 Å². The van der Waals surface area contributed by atoms with Gasteiger partial charge in [0, 0.05) is 19.3 Å². The SMILES string of the molecule is CCCCN(CC(N)=O)C(=O)c1cnn(C)c1C. The zero-order valence-corrected chi connectivity index (χ0v) is 11.1. The van der Waals surface area contributed by atoms with Crippen LogP contribution in [0.3, 0.4) is 0 Å². The van der Waals surface area contributed by atoms with E-state index in [0.717, 1.165) is 18.5 Å². The van der Waals surface area contributed by atoms with Crippen LogP contribution in [0.2, 0.25) is 0 Å². The molecule has 0 aliphatic carbocycles. The Kier molecular flexibility index (Phi) is 4.88. The summed E-state index contributed by atoms with van der Waals surface area (Å²) < 4.78 is 1.63. The molecule has 1 rings (SSSR count). The van der Waals surface area contributed by atoms with Gasteiger partial charge >= 0.3 is 0 Å². The Bertz CT molecular complexity index is 439. The number of nitrogens with two attached hydrogens (primary N) is 1. The molecule has 18 heavy (non-hydrogen) atoms. The van der Waals surface area contributed by atoms with Gasteiger partial charge in [0.05, 0.1) is 18.3 Å². The fourth-order valence-electron chi connectivity index (χ4n) is 1.67. The van der Waals surface area contributed by atoms with Crippen molar-refractivity contribution in [3.8, 4) is 0 Å². The Morgan fingerprint density at radius 3 is 2.61 bits per heavy atom. The minimum absolute atomic E-state index is 0.0484. The fraction of sp³-hybridized carbons (Fsp3) is 0.583. The summed E-state index contributed by atoms with van der Waals surface area (Å²) in [6.07, 6.45) is 3.32. The maximum Gasteiger partial charge on any atom is 0.257 e. The van der Waals surface area contributed by atoms with E-state index in [9.17, 15) is 9.59 Å². The molecule has 2 amide bonds. The average Bonchev–Trinajstić information content (AvgIpc) is 2.64. The number of hydrogen-bond donors (Lipinski definition) is 1. The first-order valence-corrected chi connectivity index (χ1v) is 6.03. The molecule has 0 aliphatic rings. The summed E-state index contributed by atoms with van der Waals surface area (Å²) in [7, 11) is 1.77. The van der Waals surface area contributed by atoms with E-state index in [4.69, 9.17) is 5.73 Å². The Balaban J connectivity index is 2.87. The van der Waals surface area contributed by atoms with Crippen LogP contribution in [-0.4, -0.2) is 39.6 Å². The highest BCUT2D eigenvalue weighted by Crippen LogP contribution is 2.10. The molecule has 0 unspecified atom stereocenters. The number of rotatable bonds is 6. The fourth-order valence-corrected chi connectivity index (χ4v) is 1.67. The minimum atomic E-state index is -0.499. The van der Waals surface area contributed by atoms with Crippen molar-refractivity contribution >= 4 is 11.8 Å². The number of aromatic nitrogens is 2. The van der Waals surface area contributed by atoms with Crippen molar-refractivity contribution < 1.29 is 9.59 Å². The summed E-state index contributed by atoms with van der Waals surface area (Å²) in [5.41, 5.74) is 6.48. The van der Waals surface area contributed by atoms with Crippen LogP contribution in [0, 0.1) is 6.92 Å². The summed E-state index contributed by atoms with van der Waals surface area (Å²) in [4.78, 5) is 24.8. The van der Waals surface area contributed by atoms with Crippen LogP contribution in [0.1, 0.15) is 35.8 Å². The van der Waals surface area contributed by atoms with Gasteiger partial charge in [-0.1, -0.05) is 13.3 Å². The van der Waals surface area contributed by atoms with Crippen LogP contribution in [-0.2, 0) is 11.8 Å². The van der Waals surface area contributed by atoms with Crippen LogP contribution < -0.4 is 5.73 Å². The number of carbonyl (C=O) groups excluding carboxylic acids is 2. The summed E-state index contributed by atoms with van der Waals surface area (Å²) in [5.74, 6) is -0.686. The molecule has 0 radical (unpaired) electrons. The number of amides is 2. The number of primary amides is 1. The zero-order valence-electron chi connectivity index (χ0n) is 11.1. The van der Waals surface area contributed by atoms with Gasteiger partial charge < -0.3 is 10.6 Å². The van der Waals surface area contributed by atoms with Gasteiger partial charge in [-0.3, -0.25) is 14.3 Å². The molecule has 2 N–H and O–H groups in total. The minimum Gasteiger partial charge on any atom is -0.368 e. The van der Waals surface area contributed by atoms with Gasteiger partial charge in [-0.2, -0.15) is 5.10 Å². The van der Waals surface area contributed by atoms with Crippen molar-refractivity contribution in [2.45, 2.75) is 26.7 Å². The van der Waals surface area contributed by atoms with Crippen LogP contribution in [0.5, 0.6) is 0 Å². The monoisotopic (exact) mass is 252 g/mol. The topological polar surface area (TPSA) is 81.2 Å². The second kappa shape index (κ2) is 6.18. The van der Waals surface area contributed by atoms with Crippen molar-refractivity contribution in [3.63, 3.8) is 0 Å². The highest BCUT2D eigenvalue weighted by molar-refractivity contribution is 5.97. The van der Waals surface area contributed by atoms with Gasteiger partial charge in [0.1, 0.15) is 0 Å². The first kappa shape index (κ1) is 14.2. The predicted molar refractivity (Wildman–Crippen MR) is 68.0 cm³/mol. The van der Waals surface area contributed by atoms with Crippen molar-refractivity contribution in [2.24, 2.45) is 12.8 Å². The Morgan fingerprint density at radius 1 is 1.50 bits per heavy atom. The van der Waals surface area contributed by atoms with Crippen molar-refractivity contribution in [3.05, 3.63) is 17.5 Å². The molecule has 6 nitrogen and oxygen atoms in total. The summed E-state index contributed by atoms with van der Waals surface area (Å²) in [5, 5.41) is 4.03. The lowest BCUT2D eigenvalue weighted by Crippen LogP contribution is -2.39. The molecule has 0 saturated heterocycles. The van der Waals surface area contributed by atoms with Crippen molar-refractivity contribution in [2.75, 3.05) is 13.1 Å². The van der Waals surface area contributed by atoms with E-state index in [2.05, 4.69) is 5.10 Å². The van der Waals surface area contributed by atoms with E-state index in [1.807, 2.05) is 13.8 Å². The van der Waals surface area contributed by atoms with E-state index in [1.165, 1.54) is 11.1 Å². The summed E-state index contributed by atoms with van der Waals surface area (Å²) in [6, 6.07) is 0. The van der Waals surface area contributed by atoms with E-state index in [0.29, 0.717) is 12.1 Å². The Labute approximate surface area is 107 Å². The maximum absolute atomic E-state index is 12.3. The van der Waals surface area contributed by atoms with Gasteiger partial charge in [0.15, 0.2) is 0 Å². The quantitative estimate of drug-likeness (QED) is 0.798. The molecule has 0 aromatic carbocycles.